The molecule has 1 saturated carbocycles. The summed E-state index contributed by atoms with van der Waals surface area (Å²) >= 11 is 1.87. The Kier molecular flexibility index (Phi) is 4.50. The number of nitrogens with one attached hydrogen (secondary N) is 1. The standard InChI is InChI=1S/C16H27NS/c1-12(15-10-7-11-18-15)17-14-9-6-5-8-13(14)16(2,3)4/h7,10-14,17H,5-6,8-9H2,1-4H3/t12-,13?,14?/m0/s1. The molecule has 0 saturated heterocycles. The lowest BCUT2D eigenvalue weighted by atomic mass is 9.69. The van der Waals surface area contributed by atoms with Gasteiger partial charge in [-0.3, -0.25) is 0 Å². The first-order chi connectivity index (χ1) is 8.48. The second-order valence-electron chi connectivity index (χ2n) is 6.77. The molecule has 2 rings (SSSR count). The first-order valence-corrected chi connectivity index (χ1v) is 8.16. The average Bonchev–Trinajstić information content (AvgIpc) is 2.81. The van der Waals surface area contributed by atoms with E-state index in [-0.39, 0.29) is 0 Å². The third-order valence-corrected chi connectivity index (χ3v) is 5.37. The van der Waals surface area contributed by atoms with E-state index in [2.05, 4.69) is 50.5 Å². The highest BCUT2D eigenvalue weighted by atomic mass is 32.1. The molecule has 1 fully saturated rings. The summed E-state index contributed by atoms with van der Waals surface area (Å²) in [6.07, 6.45) is 5.53. The average molecular weight is 265 g/mol. The Labute approximate surface area is 116 Å². The third kappa shape index (κ3) is 3.36. The summed E-state index contributed by atoms with van der Waals surface area (Å²) in [4.78, 5) is 1.47. The molecule has 1 aromatic rings. The highest BCUT2D eigenvalue weighted by Crippen LogP contribution is 2.39. The van der Waals surface area contributed by atoms with Crippen molar-refractivity contribution >= 4 is 11.3 Å². The molecule has 2 heteroatoms. The van der Waals surface area contributed by atoms with Crippen molar-refractivity contribution in [2.45, 2.75) is 65.5 Å². The van der Waals surface area contributed by atoms with Crippen LogP contribution >= 0.6 is 11.3 Å². The van der Waals surface area contributed by atoms with Crippen LogP contribution in [0.1, 0.15) is 64.3 Å². The third-order valence-electron chi connectivity index (χ3n) is 4.31. The lowest BCUT2D eigenvalue weighted by Crippen LogP contribution is -2.45. The zero-order valence-corrected chi connectivity index (χ0v) is 13.0. The SMILES string of the molecule is C[C@H](NC1CCCCC1C(C)(C)C)c1cccs1. The van der Waals surface area contributed by atoms with Gasteiger partial charge in [0.1, 0.15) is 0 Å². The van der Waals surface area contributed by atoms with Gasteiger partial charge in [0.05, 0.1) is 0 Å². The van der Waals surface area contributed by atoms with Gasteiger partial charge in [0, 0.05) is 17.0 Å². The van der Waals surface area contributed by atoms with Crippen LogP contribution in [0.2, 0.25) is 0 Å². The van der Waals surface area contributed by atoms with Crippen molar-refractivity contribution in [1.82, 2.24) is 5.32 Å². The van der Waals surface area contributed by atoms with Crippen molar-refractivity contribution in [1.29, 1.82) is 0 Å². The molecule has 0 aromatic carbocycles. The topological polar surface area (TPSA) is 12.0 Å². The van der Waals surface area contributed by atoms with Crippen molar-refractivity contribution in [3.8, 4) is 0 Å². The van der Waals surface area contributed by atoms with Crippen LogP contribution in [0, 0.1) is 11.3 Å². The minimum absolute atomic E-state index is 0.424. The quantitative estimate of drug-likeness (QED) is 0.810. The smallest absolute Gasteiger partial charge is 0.0388 e. The Morgan fingerprint density at radius 3 is 2.61 bits per heavy atom. The minimum atomic E-state index is 0.424. The van der Waals surface area contributed by atoms with Crippen LogP contribution in [0.15, 0.2) is 17.5 Å². The van der Waals surface area contributed by atoms with Gasteiger partial charge in [0.2, 0.25) is 0 Å². The van der Waals surface area contributed by atoms with E-state index in [0.29, 0.717) is 17.5 Å². The number of rotatable bonds is 3. The Morgan fingerprint density at radius 1 is 1.28 bits per heavy atom. The van der Waals surface area contributed by atoms with Gasteiger partial charge in [0.15, 0.2) is 0 Å². The first kappa shape index (κ1) is 14.1. The molecular weight excluding hydrogens is 238 g/mol. The predicted molar refractivity (Wildman–Crippen MR) is 81.1 cm³/mol. The molecule has 18 heavy (non-hydrogen) atoms. The van der Waals surface area contributed by atoms with Crippen molar-refractivity contribution in [3.63, 3.8) is 0 Å². The van der Waals surface area contributed by atoms with Gasteiger partial charge in [-0.15, -0.1) is 11.3 Å². The van der Waals surface area contributed by atoms with Crippen molar-refractivity contribution in [2.24, 2.45) is 11.3 Å². The maximum atomic E-state index is 3.89. The van der Waals surface area contributed by atoms with Gasteiger partial charge < -0.3 is 5.32 Å². The summed E-state index contributed by atoms with van der Waals surface area (Å²) in [7, 11) is 0. The molecule has 1 aliphatic carbocycles. The number of thiophene rings is 1. The van der Waals surface area contributed by atoms with Crippen molar-refractivity contribution < 1.29 is 0 Å². The van der Waals surface area contributed by atoms with E-state index < -0.39 is 0 Å². The highest BCUT2D eigenvalue weighted by Gasteiger charge is 2.34. The second kappa shape index (κ2) is 5.75. The lowest BCUT2D eigenvalue weighted by molar-refractivity contribution is 0.125. The van der Waals surface area contributed by atoms with Gasteiger partial charge in [-0.25, -0.2) is 0 Å². The molecule has 1 nitrogen and oxygen atoms in total. The maximum Gasteiger partial charge on any atom is 0.0388 e. The van der Waals surface area contributed by atoms with Gasteiger partial charge in [-0.2, -0.15) is 0 Å². The summed E-state index contributed by atoms with van der Waals surface area (Å²) in [6, 6.07) is 5.59. The molecule has 1 aliphatic rings. The molecular formula is C16H27NS. The van der Waals surface area contributed by atoms with Crippen LogP contribution in [0.3, 0.4) is 0 Å². The fourth-order valence-corrected chi connectivity index (χ4v) is 4.05. The van der Waals surface area contributed by atoms with Gasteiger partial charge >= 0.3 is 0 Å². The fourth-order valence-electron chi connectivity index (χ4n) is 3.31. The molecule has 1 heterocycles. The Balaban J connectivity index is 2.01. The molecule has 102 valence electrons. The summed E-state index contributed by atoms with van der Waals surface area (Å²) < 4.78 is 0. The van der Waals surface area contributed by atoms with Crippen LogP contribution in [0.4, 0.5) is 0 Å². The van der Waals surface area contributed by atoms with E-state index in [1.54, 1.807) is 0 Å². The Bertz CT molecular complexity index is 350. The van der Waals surface area contributed by atoms with Crippen LogP contribution in [0.5, 0.6) is 0 Å². The van der Waals surface area contributed by atoms with E-state index in [1.165, 1.54) is 30.6 Å². The van der Waals surface area contributed by atoms with Crippen LogP contribution < -0.4 is 5.32 Å². The molecule has 0 spiro atoms. The predicted octanol–water partition coefficient (Wildman–Crippen LogP) is 5.00. The molecule has 0 amide bonds. The number of hydrogen-bond acceptors (Lipinski definition) is 2. The van der Waals surface area contributed by atoms with Crippen LogP contribution in [-0.4, -0.2) is 6.04 Å². The maximum absolute atomic E-state index is 3.89. The molecule has 2 unspecified atom stereocenters. The molecule has 0 radical (unpaired) electrons. The molecule has 1 aromatic heterocycles. The van der Waals surface area contributed by atoms with Gasteiger partial charge in [-0.05, 0) is 42.5 Å². The summed E-state index contributed by atoms with van der Waals surface area (Å²) in [5.41, 5.74) is 0.424. The zero-order chi connectivity index (χ0) is 13.2. The van der Waals surface area contributed by atoms with E-state index in [4.69, 9.17) is 0 Å². The molecule has 1 N–H and O–H groups in total. The molecule has 3 atom stereocenters. The Morgan fingerprint density at radius 2 is 2.00 bits per heavy atom. The number of hydrogen-bond donors (Lipinski definition) is 1. The van der Waals surface area contributed by atoms with Crippen molar-refractivity contribution in [3.05, 3.63) is 22.4 Å². The van der Waals surface area contributed by atoms with E-state index >= 15 is 0 Å². The van der Waals surface area contributed by atoms with Gasteiger partial charge in [0.25, 0.3) is 0 Å². The van der Waals surface area contributed by atoms with Crippen LogP contribution in [-0.2, 0) is 0 Å². The van der Waals surface area contributed by atoms with E-state index in [1.807, 2.05) is 11.3 Å². The fraction of sp³-hybridized carbons (Fsp3) is 0.750. The highest BCUT2D eigenvalue weighted by molar-refractivity contribution is 7.10. The second-order valence-corrected chi connectivity index (χ2v) is 7.75. The zero-order valence-electron chi connectivity index (χ0n) is 12.2. The van der Waals surface area contributed by atoms with Crippen LogP contribution in [0.25, 0.3) is 0 Å². The molecule has 0 bridgehead atoms. The minimum Gasteiger partial charge on any atom is -0.306 e. The summed E-state index contributed by atoms with van der Waals surface area (Å²) in [5, 5.41) is 6.06. The van der Waals surface area contributed by atoms with E-state index in [0.717, 1.165) is 5.92 Å². The summed E-state index contributed by atoms with van der Waals surface area (Å²) in [5.74, 6) is 0.814. The summed E-state index contributed by atoms with van der Waals surface area (Å²) in [6.45, 7) is 9.49. The monoisotopic (exact) mass is 265 g/mol. The Hall–Kier alpha value is -0.340. The van der Waals surface area contributed by atoms with E-state index in [9.17, 15) is 0 Å². The van der Waals surface area contributed by atoms with Gasteiger partial charge in [-0.1, -0.05) is 39.7 Å². The largest absolute Gasteiger partial charge is 0.306 e. The first-order valence-electron chi connectivity index (χ1n) is 7.28. The normalized spacial score (nSPS) is 27.1. The van der Waals surface area contributed by atoms with Crippen molar-refractivity contribution in [2.75, 3.05) is 0 Å². The molecule has 0 aliphatic heterocycles. The lowest BCUT2D eigenvalue weighted by Gasteiger charge is -2.42.